The summed E-state index contributed by atoms with van der Waals surface area (Å²) in [6.45, 7) is 6.05. The minimum absolute atomic E-state index is 0.811. The number of rotatable bonds is 0. The van der Waals surface area contributed by atoms with E-state index in [4.69, 9.17) is 11.6 Å². The highest BCUT2D eigenvalue weighted by Gasteiger charge is 1.91. The van der Waals surface area contributed by atoms with E-state index < -0.39 is 0 Å². The van der Waals surface area contributed by atoms with E-state index in [1.165, 1.54) is 5.56 Å². The molecule has 0 fully saturated rings. The summed E-state index contributed by atoms with van der Waals surface area (Å²) in [6, 6.07) is 5.93. The molecule has 1 rings (SSSR count). The van der Waals surface area contributed by atoms with E-state index >= 15 is 0 Å². The number of halogens is 1. The van der Waals surface area contributed by atoms with Crippen LogP contribution in [0.5, 0.6) is 0 Å². The molecule has 0 N–H and O–H groups in total. The molecule has 1 aromatic carbocycles. The Balaban J connectivity index is 0.000000461. The first kappa shape index (κ1) is 10.9. The number of hydrogen-bond donors (Lipinski definition) is 0. The lowest BCUT2D eigenvalue weighted by Crippen LogP contribution is -1.91. The zero-order valence-electron chi connectivity index (χ0n) is 7.19. The number of benzene rings is 1. The van der Waals surface area contributed by atoms with Crippen molar-refractivity contribution in [3.63, 3.8) is 0 Å². The van der Waals surface area contributed by atoms with Crippen molar-refractivity contribution in [2.24, 2.45) is 0 Å². The van der Waals surface area contributed by atoms with Crippen LogP contribution in [-0.4, -0.2) is 0 Å². The van der Waals surface area contributed by atoms with Gasteiger partial charge in [-0.25, -0.2) is 0 Å². The second kappa shape index (κ2) is 5.57. The maximum Gasteiger partial charge on any atom is 0.0477 e. The van der Waals surface area contributed by atoms with Crippen LogP contribution in [0.25, 0.3) is 0 Å². The molecule has 0 saturated heterocycles. The van der Waals surface area contributed by atoms with Gasteiger partial charge in [-0.15, -0.1) is 9.24 Å². The highest BCUT2D eigenvalue weighted by molar-refractivity contribution is 7.28. The van der Waals surface area contributed by atoms with E-state index in [0.29, 0.717) is 0 Å². The third-order valence-electron chi connectivity index (χ3n) is 1.15. The Morgan fingerprint density at radius 2 is 1.82 bits per heavy atom. The smallest absolute Gasteiger partial charge is 0.0477 e. The van der Waals surface area contributed by atoms with Crippen molar-refractivity contribution >= 4 is 26.1 Å². The van der Waals surface area contributed by atoms with Crippen LogP contribution in [0.15, 0.2) is 18.2 Å². The predicted molar refractivity (Wildman–Crippen MR) is 56.9 cm³/mol. The Bertz CT molecular complexity index is 221. The maximum atomic E-state index is 5.76. The highest BCUT2D eigenvalue weighted by Crippen LogP contribution is 2.09. The van der Waals surface area contributed by atoms with Crippen molar-refractivity contribution in [2.75, 3.05) is 0 Å². The SMILES string of the molecule is CC.Cc1ccc(Cl)c(P)c1. The van der Waals surface area contributed by atoms with Crippen LogP contribution in [0, 0.1) is 6.92 Å². The molecule has 62 valence electrons. The van der Waals surface area contributed by atoms with E-state index in [-0.39, 0.29) is 0 Å². The molecule has 0 nitrogen and oxygen atoms in total. The highest BCUT2D eigenvalue weighted by atomic mass is 35.5. The van der Waals surface area contributed by atoms with Crippen LogP contribution in [0.3, 0.4) is 0 Å². The molecule has 0 aliphatic carbocycles. The summed E-state index contributed by atoms with van der Waals surface area (Å²) in [7, 11) is 2.59. The molecule has 11 heavy (non-hydrogen) atoms. The third-order valence-corrected chi connectivity index (χ3v) is 2.16. The van der Waals surface area contributed by atoms with Gasteiger partial charge in [0.25, 0.3) is 0 Å². The minimum Gasteiger partial charge on any atom is -0.104 e. The van der Waals surface area contributed by atoms with E-state index in [0.717, 1.165) is 10.3 Å². The van der Waals surface area contributed by atoms with Gasteiger partial charge in [0, 0.05) is 5.02 Å². The van der Waals surface area contributed by atoms with Crippen molar-refractivity contribution < 1.29 is 0 Å². The van der Waals surface area contributed by atoms with Crippen molar-refractivity contribution in [1.82, 2.24) is 0 Å². The standard InChI is InChI=1S/C7H8ClP.C2H6/c1-5-2-3-6(8)7(9)4-5;1-2/h2-4H,9H2,1H3;1-2H3. The molecule has 0 saturated carbocycles. The monoisotopic (exact) mass is 188 g/mol. The molecule has 0 aliphatic rings. The molecular formula is C9H14ClP. The summed E-state index contributed by atoms with van der Waals surface area (Å²) in [6.07, 6.45) is 0. The lowest BCUT2D eigenvalue weighted by Gasteiger charge is -1.96. The van der Waals surface area contributed by atoms with Crippen LogP contribution in [0.2, 0.25) is 5.02 Å². The Morgan fingerprint density at radius 1 is 1.27 bits per heavy atom. The number of hydrogen-bond acceptors (Lipinski definition) is 0. The zero-order chi connectivity index (χ0) is 8.85. The molecule has 0 aromatic heterocycles. The van der Waals surface area contributed by atoms with Crippen LogP contribution < -0.4 is 5.30 Å². The molecule has 0 heterocycles. The molecule has 1 aromatic rings. The van der Waals surface area contributed by atoms with Crippen molar-refractivity contribution in [1.29, 1.82) is 0 Å². The van der Waals surface area contributed by atoms with Crippen molar-refractivity contribution in [3.05, 3.63) is 28.8 Å². The fourth-order valence-corrected chi connectivity index (χ4v) is 1.14. The molecule has 0 amide bonds. The van der Waals surface area contributed by atoms with Crippen molar-refractivity contribution in [2.45, 2.75) is 20.8 Å². The van der Waals surface area contributed by atoms with Gasteiger partial charge in [-0.3, -0.25) is 0 Å². The molecule has 0 radical (unpaired) electrons. The van der Waals surface area contributed by atoms with Gasteiger partial charge in [0.15, 0.2) is 0 Å². The third kappa shape index (κ3) is 3.74. The average molecular weight is 189 g/mol. The van der Waals surface area contributed by atoms with Crippen LogP contribution >= 0.6 is 20.8 Å². The number of aryl methyl sites for hydroxylation is 1. The van der Waals surface area contributed by atoms with Gasteiger partial charge in [0.05, 0.1) is 0 Å². The summed E-state index contributed by atoms with van der Waals surface area (Å²) >= 11 is 5.76. The lowest BCUT2D eigenvalue weighted by atomic mass is 10.2. The molecule has 2 heteroatoms. The van der Waals surface area contributed by atoms with Gasteiger partial charge >= 0.3 is 0 Å². The second-order valence-electron chi connectivity index (χ2n) is 2.02. The predicted octanol–water partition coefficient (Wildman–Crippen LogP) is 3.18. The van der Waals surface area contributed by atoms with Gasteiger partial charge in [-0.2, -0.15) is 0 Å². The van der Waals surface area contributed by atoms with Crippen LogP contribution in [0.4, 0.5) is 0 Å². The first-order valence-corrected chi connectivity index (χ1v) is 4.67. The Kier molecular flexibility index (Phi) is 5.54. The van der Waals surface area contributed by atoms with Crippen molar-refractivity contribution in [3.8, 4) is 0 Å². The van der Waals surface area contributed by atoms with E-state index in [2.05, 4.69) is 9.24 Å². The van der Waals surface area contributed by atoms with Gasteiger partial charge in [-0.1, -0.05) is 43.1 Å². The Hall–Kier alpha value is -0.0600. The summed E-state index contributed by atoms with van der Waals surface area (Å²) in [5.74, 6) is 0. The molecule has 0 aliphatic heterocycles. The summed E-state index contributed by atoms with van der Waals surface area (Å²) < 4.78 is 0. The maximum absolute atomic E-state index is 5.76. The van der Waals surface area contributed by atoms with Gasteiger partial charge in [-0.05, 0) is 18.3 Å². The van der Waals surface area contributed by atoms with Gasteiger partial charge in [0.1, 0.15) is 0 Å². The Morgan fingerprint density at radius 3 is 2.18 bits per heavy atom. The molecule has 1 unspecified atom stereocenters. The Labute approximate surface area is 76.2 Å². The fourth-order valence-electron chi connectivity index (χ4n) is 0.663. The lowest BCUT2D eigenvalue weighted by molar-refractivity contribution is 1.50. The molecule has 1 atom stereocenters. The topological polar surface area (TPSA) is 0 Å². The first-order chi connectivity index (χ1) is 5.20. The van der Waals surface area contributed by atoms with E-state index in [9.17, 15) is 0 Å². The van der Waals surface area contributed by atoms with E-state index in [1.54, 1.807) is 0 Å². The fraction of sp³-hybridized carbons (Fsp3) is 0.333. The molecular weight excluding hydrogens is 175 g/mol. The van der Waals surface area contributed by atoms with Gasteiger partial charge < -0.3 is 0 Å². The summed E-state index contributed by atoms with van der Waals surface area (Å²) in [5, 5.41) is 1.88. The average Bonchev–Trinajstić information content (AvgIpc) is 2.02. The molecule has 0 spiro atoms. The summed E-state index contributed by atoms with van der Waals surface area (Å²) in [4.78, 5) is 0. The van der Waals surface area contributed by atoms with Crippen LogP contribution in [-0.2, 0) is 0 Å². The largest absolute Gasteiger partial charge is 0.104 e. The van der Waals surface area contributed by atoms with Crippen LogP contribution in [0.1, 0.15) is 19.4 Å². The first-order valence-electron chi connectivity index (χ1n) is 3.72. The summed E-state index contributed by atoms with van der Waals surface area (Å²) in [5.41, 5.74) is 1.24. The second-order valence-corrected chi connectivity index (χ2v) is 3.05. The van der Waals surface area contributed by atoms with E-state index in [1.807, 2.05) is 39.0 Å². The molecule has 0 bridgehead atoms. The minimum atomic E-state index is 0.811. The normalized spacial score (nSPS) is 8.45. The van der Waals surface area contributed by atoms with Gasteiger partial charge in [0.2, 0.25) is 0 Å². The zero-order valence-corrected chi connectivity index (χ0v) is 9.10. The quantitative estimate of drug-likeness (QED) is 0.549.